The Bertz CT molecular complexity index is 970. The summed E-state index contributed by atoms with van der Waals surface area (Å²) in [6, 6.07) is 5.35. The van der Waals surface area contributed by atoms with Crippen LogP contribution in [-0.4, -0.2) is 25.5 Å². The van der Waals surface area contributed by atoms with E-state index in [4.69, 9.17) is 23.2 Å². The molecule has 3 aromatic rings. The minimum absolute atomic E-state index is 0.242. The second-order valence-electron chi connectivity index (χ2n) is 5.95. The van der Waals surface area contributed by atoms with Crippen molar-refractivity contribution in [2.75, 3.05) is 5.32 Å². The molecule has 0 saturated heterocycles. The van der Waals surface area contributed by atoms with Crippen LogP contribution < -0.4 is 5.32 Å². The van der Waals surface area contributed by atoms with Crippen molar-refractivity contribution in [2.45, 2.75) is 26.9 Å². The van der Waals surface area contributed by atoms with Crippen LogP contribution in [0.3, 0.4) is 0 Å². The van der Waals surface area contributed by atoms with Gasteiger partial charge in [0.05, 0.1) is 24.6 Å². The predicted octanol–water partition coefficient (Wildman–Crippen LogP) is 4.41. The molecule has 1 aromatic carbocycles. The third kappa shape index (κ3) is 4.59. The molecular formula is C19H19Cl2N5O. The predicted molar refractivity (Wildman–Crippen MR) is 108 cm³/mol. The van der Waals surface area contributed by atoms with Gasteiger partial charge in [0.15, 0.2) is 0 Å². The smallest absolute Gasteiger partial charge is 0.248 e. The summed E-state index contributed by atoms with van der Waals surface area (Å²) in [6.07, 6.45) is 8.28. The third-order valence-electron chi connectivity index (χ3n) is 4.14. The number of amides is 1. The van der Waals surface area contributed by atoms with E-state index >= 15 is 0 Å². The van der Waals surface area contributed by atoms with Crippen molar-refractivity contribution in [3.8, 4) is 0 Å². The van der Waals surface area contributed by atoms with E-state index in [1.807, 2.05) is 18.5 Å². The second-order valence-corrected chi connectivity index (χ2v) is 6.76. The molecule has 27 heavy (non-hydrogen) atoms. The van der Waals surface area contributed by atoms with Crippen LogP contribution in [0.2, 0.25) is 10.0 Å². The van der Waals surface area contributed by atoms with Gasteiger partial charge < -0.3 is 5.32 Å². The molecule has 0 aliphatic rings. The summed E-state index contributed by atoms with van der Waals surface area (Å²) in [4.78, 5) is 12.1. The number of hydrogen-bond acceptors (Lipinski definition) is 3. The average Bonchev–Trinajstić information content (AvgIpc) is 3.22. The molecule has 8 heteroatoms. The first-order chi connectivity index (χ1) is 13.0. The highest BCUT2D eigenvalue weighted by Crippen LogP contribution is 2.25. The summed E-state index contributed by atoms with van der Waals surface area (Å²) in [7, 11) is 0. The molecule has 0 fully saturated rings. The van der Waals surface area contributed by atoms with Crippen molar-refractivity contribution in [1.29, 1.82) is 0 Å². The van der Waals surface area contributed by atoms with Crippen molar-refractivity contribution in [3.63, 3.8) is 0 Å². The van der Waals surface area contributed by atoms with Crippen LogP contribution in [0.25, 0.3) is 6.08 Å². The highest BCUT2D eigenvalue weighted by Gasteiger charge is 2.08. The summed E-state index contributed by atoms with van der Waals surface area (Å²) < 4.78 is 3.54. The number of aromatic nitrogens is 4. The van der Waals surface area contributed by atoms with Crippen LogP contribution >= 0.6 is 23.2 Å². The normalized spacial score (nSPS) is 11.3. The Hall–Kier alpha value is -2.57. The lowest BCUT2D eigenvalue weighted by Crippen LogP contribution is -2.07. The van der Waals surface area contributed by atoms with Gasteiger partial charge in [-0.05, 0) is 32.1 Å². The van der Waals surface area contributed by atoms with Crippen molar-refractivity contribution < 1.29 is 4.79 Å². The van der Waals surface area contributed by atoms with Crippen molar-refractivity contribution in [2.24, 2.45) is 0 Å². The van der Waals surface area contributed by atoms with E-state index in [-0.39, 0.29) is 5.91 Å². The maximum absolute atomic E-state index is 12.1. The number of nitrogens with zero attached hydrogens (tertiary/aromatic N) is 4. The number of rotatable bonds is 6. The van der Waals surface area contributed by atoms with Crippen LogP contribution in [0.4, 0.5) is 5.69 Å². The molecule has 1 amide bonds. The number of carbonyl (C=O) groups is 1. The minimum atomic E-state index is -0.242. The SMILES string of the molecule is CCn1ncc(/C=C/C(=O)Nc2cnn(Cc3c(Cl)cccc3Cl)c2)c1C. The molecule has 140 valence electrons. The second kappa shape index (κ2) is 8.41. The van der Waals surface area contributed by atoms with Crippen LogP contribution in [0.15, 0.2) is 42.9 Å². The number of benzene rings is 1. The van der Waals surface area contributed by atoms with Crippen molar-refractivity contribution >= 4 is 40.9 Å². The average molecular weight is 404 g/mol. The van der Waals surface area contributed by atoms with E-state index in [0.29, 0.717) is 22.3 Å². The Balaban J connectivity index is 1.64. The molecular weight excluding hydrogens is 385 g/mol. The van der Waals surface area contributed by atoms with E-state index in [2.05, 4.69) is 15.5 Å². The van der Waals surface area contributed by atoms with E-state index in [9.17, 15) is 4.79 Å². The number of hydrogen-bond donors (Lipinski definition) is 1. The standard InChI is InChI=1S/C19H19Cl2N5O/c1-3-26-13(2)14(9-23-26)7-8-19(27)24-15-10-22-25(11-15)12-16-17(20)5-4-6-18(16)21/h4-11H,3,12H2,1-2H3,(H,24,27)/b8-7+. The third-order valence-corrected chi connectivity index (χ3v) is 4.85. The zero-order chi connectivity index (χ0) is 19.4. The zero-order valence-electron chi connectivity index (χ0n) is 15.0. The fraction of sp³-hybridized carbons (Fsp3) is 0.211. The molecule has 0 spiro atoms. The monoisotopic (exact) mass is 403 g/mol. The number of carbonyl (C=O) groups excluding carboxylic acids is 1. The first-order valence-electron chi connectivity index (χ1n) is 8.44. The van der Waals surface area contributed by atoms with E-state index in [1.54, 1.807) is 47.5 Å². The molecule has 0 bridgehead atoms. The van der Waals surface area contributed by atoms with E-state index in [1.165, 1.54) is 6.08 Å². The van der Waals surface area contributed by atoms with Gasteiger partial charge in [-0.3, -0.25) is 14.2 Å². The largest absolute Gasteiger partial charge is 0.320 e. The van der Waals surface area contributed by atoms with Crippen molar-refractivity contribution in [1.82, 2.24) is 19.6 Å². The Kier molecular flexibility index (Phi) is 5.98. The van der Waals surface area contributed by atoms with E-state index < -0.39 is 0 Å². The highest BCUT2D eigenvalue weighted by molar-refractivity contribution is 6.35. The number of nitrogens with one attached hydrogen (secondary N) is 1. The topological polar surface area (TPSA) is 64.7 Å². The molecule has 0 aliphatic heterocycles. The van der Waals surface area contributed by atoms with Gasteiger partial charge in [0.1, 0.15) is 0 Å². The summed E-state index contributed by atoms with van der Waals surface area (Å²) >= 11 is 12.4. The summed E-state index contributed by atoms with van der Waals surface area (Å²) in [5.41, 5.74) is 3.31. The Labute approximate surface area is 167 Å². The first kappa shape index (κ1) is 19.2. The lowest BCUT2D eigenvalue weighted by molar-refractivity contribution is -0.111. The maximum atomic E-state index is 12.1. The van der Waals surface area contributed by atoms with Crippen LogP contribution in [-0.2, 0) is 17.9 Å². The molecule has 0 atom stereocenters. The van der Waals surface area contributed by atoms with Gasteiger partial charge in [-0.2, -0.15) is 10.2 Å². The van der Waals surface area contributed by atoms with Crippen LogP contribution in [0.5, 0.6) is 0 Å². The van der Waals surface area contributed by atoms with Crippen LogP contribution in [0.1, 0.15) is 23.7 Å². The molecule has 0 saturated carbocycles. The summed E-state index contributed by atoms with van der Waals surface area (Å²) in [5, 5.41) is 12.4. The fourth-order valence-electron chi connectivity index (χ4n) is 2.65. The Morgan fingerprint density at radius 2 is 1.96 bits per heavy atom. The number of halogens is 2. The Morgan fingerprint density at radius 1 is 1.22 bits per heavy atom. The molecule has 3 rings (SSSR count). The molecule has 0 unspecified atom stereocenters. The zero-order valence-corrected chi connectivity index (χ0v) is 16.5. The first-order valence-corrected chi connectivity index (χ1v) is 9.20. The van der Waals surface area contributed by atoms with Gasteiger partial charge in [0.25, 0.3) is 0 Å². The number of anilines is 1. The number of aryl methyl sites for hydroxylation is 1. The molecule has 0 aliphatic carbocycles. The van der Waals surface area contributed by atoms with Gasteiger partial charge >= 0.3 is 0 Å². The maximum Gasteiger partial charge on any atom is 0.248 e. The molecule has 2 heterocycles. The van der Waals surface area contributed by atoms with Gasteiger partial charge in [-0.1, -0.05) is 29.3 Å². The van der Waals surface area contributed by atoms with Gasteiger partial charge in [-0.15, -0.1) is 0 Å². The molecule has 1 N–H and O–H groups in total. The lowest BCUT2D eigenvalue weighted by atomic mass is 10.2. The van der Waals surface area contributed by atoms with Crippen molar-refractivity contribution in [3.05, 3.63) is 69.7 Å². The molecule has 6 nitrogen and oxygen atoms in total. The molecule has 2 aromatic heterocycles. The lowest BCUT2D eigenvalue weighted by Gasteiger charge is -2.06. The minimum Gasteiger partial charge on any atom is -0.320 e. The van der Waals surface area contributed by atoms with Gasteiger partial charge in [0, 0.05) is 45.7 Å². The van der Waals surface area contributed by atoms with Gasteiger partial charge in [-0.25, -0.2) is 0 Å². The summed E-state index contributed by atoms with van der Waals surface area (Å²) in [5.74, 6) is -0.242. The fourth-order valence-corrected chi connectivity index (χ4v) is 3.17. The summed E-state index contributed by atoms with van der Waals surface area (Å²) in [6.45, 7) is 5.20. The Morgan fingerprint density at radius 3 is 2.63 bits per heavy atom. The van der Waals surface area contributed by atoms with E-state index in [0.717, 1.165) is 23.4 Å². The van der Waals surface area contributed by atoms with Gasteiger partial charge in [0.2, 0.25) is 5.91 Å². The molecule has 0 radical (unpaired) electrons. The van der Waals surface area contributed by atoms with Crippen LogP contribution in [0, 0.1) is 6.92 Å². The highest BCUT2D eigenvalue weighted by atomic mass is 35.5. The quantitative estimate of drug-likeness (QED) is 0.619.